The number of aromatic amines is 1. The van der Waals surface area contributed by atoms with Crippen molar-refractivity contribution in [2.24, 2.45) is 0 Å². The van der Waals surface area contributed by atoms with Crippen LogP contribution in [0.3, 0.4) is 0 Å². The SMILES string of the molecule is O=S(=O)(Nc1ccc(CCNCC(O)c2cccnc2)cc1)c1ccc(-c2noc(Cc3c[nH]c4ccccc34)n2)cc1. The van der Waals surface area contributed by atoms with Gasteiger partial charge in [-0.2, -0.15) is 4.98 Å². The predicted octanol–water partition coefficient (Wildman–Crippen LogP) is 4.87. The summed E-state index contributed by atoms with van der Waals surface area (Å²) in [6.45, 7) is 1.08. The maximum Gasteiger partial charge on any atom is 0.261 e. The van der Waals surface area contributed by atoms with Gasteiger partial charge in [0, 0.05) is 52.9 Å². The molecule has 4 N–H and O–H groups in total. The third-order valence-electron chi connectivity index (χ3n) is 7.11. The molecule has 0 aliphatic heterocycles. The number of hydrogen-bond acceptors (Lipinski definition) is 8. The Balaban J connectivity index is 1.02. The van der Waals surface area contributed by atoms with Crippen molar-refractivity contribution in [3.63, 3.8) is 0 Å². The summed E-state index contributed by atoms with van der Waals surface area (Å²) >= 11 is 0. The normalized spacial score (nSPS) is 12.4. The molecule has 3 aromatic carbocycles. The van der Waals surface area contributed by atoms with Crippen LogP contribution in [0.15, 0.2) is 113 Å². The molecule has 10 nitrogen and oxygen atoms in total. The minimum Gasteiger partial charge on any atom is -0.387 e. The van der Waals surface area contributed by atoms with Crippen molar-refractivity contribution < 1.29 is 18.0 Å². The molecule has 0 saturated heterocycles. The van der Waals surface area contributed by atoms with Crippen molar-refractivity contribution in [3.8, 4) is 11.4 Å². The summed E-state index contributed by atoms with van der Waals surface area (Å²) in [6, 6.07) is 25.2. The van der Waals surface area contributed by atoms with Gasteiger partial charge in [0.1, 0.15) is 0 Å². The van der Waals surface area contributed by atoms with Crippen LogP contribution in [0.2, 0.25) is 0 Å². The molecule has 3 heterocycles. The zero-order valence-electron chi connectivity index (χ0n) is 23.1. The summed E-state index contributed by atoms with van der Waals surface area (Å²) in [4.78, 5) is 11.9. The van der Waals surface area contributed by atoms with E-state index >= 15 is 0 Å². The summed E-state index contributed by atoms with van der Waals surface area (Å²) in [5, 5.41) is 18.6. The maximum atomic E-state index is 13.0. The second kappa shape index (κ2) is 12.6. The van der Waals surface area contributed by atoms with E-state index in [2.05, 4.69) is 30.1 Å². The highest BCUT2D eigenvalue weighted by molar-refractivity contribution is 7.92. The molecule has 0 fully saturated rings. The van der Waals surface area contributed by atoms with Gasteiger partial charge in [-0.3, -0.25) is 9.71 Å². The van der Waals surface area contributed by atoms with E-state index in [1.807, 2.05) is 48.7 Å². The van der Waals surface area contributed by atoms with E-state index < -0.39 is 16.1 Å². The monoisotopic (exact) mass is 594 g/mol. The summed E-state index contributed by atoms with van der Waals surface area (Å²) in [7, 11) is -3.79. The number of aromatic nitrogens is 4. The van der Waals surface area contributed by atoms with E-state index in [4.69, 9.17) is 4.52 Å². The van der Waals surface area contributed by atoms with Gasteiger partial charge in [-0.1, -0.05) is 41.6 Å². The minimum atomic E-state index is -3.79. The molecule has 0 saturated carbocycles. The molecule has 11 heteroatoms. The molecule has 0 bridgehead atoms. The first-order valence-corrected chi connectivity index (χ1v) is 15.3. The van der Waals surface area contributed by atoms with E-state index in [0.717, 1.165) is 34.0 Å². The van der Waals surface area contributed by atoms with Gasteiger partial charge in [0.15, 0.2) is 0 Å². The quantitative estimate of drug-likeness (QED) is 0.147. The number of aliphatic hydroxyl groups is 1. The molecule has 0 spiro atoms. The molecule has 43 heavy (non-hydrogen) atoms. The summed E-state index contributed by atoms with van der Waals surface area (Å²) < 4.78 is 34.1. The van der Waals surface area contributed by atoms with Gasteiger partial charge >= 0.3 is 0 Å². The summed E-state index contributed by atoms with van der Waals surface area (Å²) in [6.07, 6.45) is 5.85. The highest BCUT2D eigenvalue weighted by Crippen LogP contribution is 2.24. The Labute approximate surface area is 248 Å². The van der Waals surface area contributed by atoms with Gasteiger partial charge in [-0.05, 0) is 72.6 Å². The number of para-hydroxylation sites is 1. The van der Waals surface area contributed by atoms with E-state index in [1.165, 1.54) is 12.1 Å². The number of benzene rings is 3. The Morgan fingerprint density at radius 1 is 0.953 bits per heavy atom. The van der Waals surface area contributed by atoms with Crippen LogP contribution in [0.1, 0.15) is 28.7 Å². The second-order valence-corrected chi connectivity index (χ2v) is 11.8. The van der Waals surface area contributed by atoms with Crippen LogP contribution in [0.4, 0.5) is 5.69 Å². The van der Waals surface area contributed by atoms with E-state index in [0.29, 0.717) is 42.5 Å². The van der Waals surface area contributed by atoms with Gasteiger partial charge in [0.25, 0.3) is 10.0 Å². The highest BCUT2D eigenvalue weighted by Gasteiger charge is 2.16. The van der Waals surface area contributed by atoms with Gasteiger partial charge in [0.2, 0.25) is 11.7 Å². The van der Waals surface area contributed by atoms with Crippen LogP contribution in [0, 0.1) is 0 Å². The first kappa shape index (κ1) is 28.3. The first-order chi connectivity index (χ1) is 20.9. The van der Waals surface area contributed by atoms with Gasteiger partial charge < -0.3 is 19.9 Å². The number of aliphatic hydroxyl groups excluding tert-OH is 1. The molecule has 0 amide bonds. The number of sulfonamides is 1. The predicted molar refractivity (Wildman–Crippen MR) is 164 cm³/mol. The number of rotatable bonds is 12. The van der Waals surface area contributed by atoms with Crippen molar-refractivity contribution >= 4 is 26.6 Å². The third-order valence-corrected chi connectivity index (χ3v) is 8.51. The largest absolute Gasteiger partial charge is 0.387 e. The Bertz CT molecular complexity index is 1900. The lowest BCUT2D eigenvalue weighted by molar-refractivity contribution is 0.174. The Morgan fingerprint density at radius 2 is 1.77 bits per heavy atom. The van der Waals surface area contributed by atoms with Gasteiger partial charge in [0.05, 0.1) is 17.4 Å². The van der Waals surface area contributed by atoms with Gasteiger partial charge in [-0.15, -0.1) is 0 Å². The van der Waals surface area contributed by atoms with Crippen LogP contribution in [-0.2, 0) is 22.9 Å². The number of hydrogen-bond donors (Lipinski definition) is 4. The minimum absolute atomic E-state index is 0.124. The highest BCUT2D eigenvalue weighted by atomic mass is 32.2. The van der Waals surface area contributed by atoms with E-state index in [-0.39, 0.29) is 4.90 Å². The lowest BCUT2D eigenvalue weighted by atomic mass is 10.1. The number of pyridine rings is 1. The topological polar surface area (TPSA) is 146 Å². The van der Waals surface area contributed by atoms with Crippen molar-refractivity contribution in [1.29, 1.82) is 0 Å². The fourth-order valence-corrected chi connectivity index (χ4v) is 5.84. The molecular weight excluding hydrogens is 564 g/mol. The van der Waals surface area contributed by atoms with Crippen LogP contribution < -0.4 is 10.0 Å². The lowest BCUT2D eigenvalue weighted by Crippen LogP contribution is -2.23. The van der Waals surface area contributed by atoms with Crippen molar-refractivity contribution in [1.82, 2.24) is 25.4 Å². The lowest BCUT2D eigenvalue weighted by Gasteiger charge is -2.12. The Morgan fingerprint density at radius 3 is 2.56 bits per heavy atom. The zero-order chi connectivity index (χ0) is 29.6. The molecular formula is C32H30N6O4S. The molecule has 1 unspecified atom stereocenters. The van der Waals surface area contributed by atoms with E-state index in [9.17, 15) is 13.5 Å². The maximum absolute atomic E-state index is 13.0. The third kappa shape index (κ3) is 6.81. The fraction of sp³-hybridized carbons (Fsp3) is 0.156. The van der Waals surface area contributed by atoms with E-state index in [1.54, 1.807) is 42.7 Å². The molecule has 0 aliphatic rings. The zero-order valence-corrected chi connectivity index (χ0v) is 24.0. The molecule has 3 aromatic heterocycles. The first-order valence-electron chi connectivity index (χ1n) is 13.8. The molecule has 6 rings (SSSR count). The van der Waals surface area contributed by atoms with Crippen LogP contribution in [0.25, 0.3) is 22.3 Å². The number of nitrogens with zero attached hydrogens (tertiary/aromatic N) is 3. The number of anilines is 1. The number of fused-ring (bicyclic) bond motifs is 1. The summed E-state index contributed by atoms with van der Waals surface area (Å²) in [5.74, 6) is 0.864. The molecule has 1 atom stereocenters. The van der Waals surface area contributed by atoms with Crippen LogP contribution >= 0.6 is 0 Å². The van der Waals surface area contributed by atoms with Crippen molar-refractivity contribution in [2.45, 2.75) is 23.8 Å². The van der Waals surface area contributed by atoms with Crippen LogP contribution in [-0.4, -0.2) is 46.7 Å². The summed E-state index contributed by atoms with van der Waals surface area (Å²) in [5.41, 5.74) is 5.02. The number of nitrogens with one attached hydrogen (secondary N) is 3. The smallest absolute Gasteiger partial charge is 0.261 e. The molecule has 0 aliphatic carbocycles. The number of H-pyrrole nitrogens is 1. The molecule has 218 valence electrons. The fourth-order valence-electron chi connectivity index (χ4n) is 4.78. The Kier molecular flexibility index (Phi) is 8.27. The average Bonchev–Trinajstić information content (AvgIpc) is 3.68. The van der Waals surface area contributed by atoms with Crippen LogP contribution in [0.5, 0.6) is 0 Å². The molecule has 0 radical (unpaired) electrons. The second-order valence-electron chi connectivity index (χ2n) is 10.1. The average molecular weight is 595 g/mol. The van der Waals surface area contributed by atoms with Crippen molar-refractivity contribution in [2.75, 3.05) is 17.8 Å². The standard InChI is InChI=1S/C32H30N6O4S/c39-30(24-4-3-16-33-19-24)21-34-17-15-22-7-11-26(12-8-22)38-43(40,41)27-13-9-23(10-14-27)32-36-31(42-37-32)18-25-20-35-29-6-2-1-5-28(25)29/h1-14,16,19-20,30,34-35,38-39H,15,17-18,21H2. The Hall–Kier alpha value is -4.84. The molecule has 6 aromatic rings. The van der Waals surface area contributed by atoms with Crippen molar-refractivity contribution in [3.05, 3.63) is 126 Å². The van der Waals surface area contributed by atoms with Gasteiger partial charge in [-0.25, -0.2) is 8.42 Å².